The molecule has 0 aromatic rings. The Kier molecular flexibility index (Phi) is 11.4. The maximum atomic E-state index is 11.4. The average Bonchev–Trinajstić information content (AvgIpc) is 2.58. The molecule has 0 heterocycles. The Bertz CT molecular complexity index is 315. The molecule has 1 rings (SSSR count). The van der Waals surface area contributed by atoms with Gasteiger partial charge in [-0.05, 0) is 0 Å². The van der Waals surface area contributed by atoms with Crippen LogP contribution in [0.1, 0.15) is 26.7 Å². The molecule has 98 valence electrons. The van der Waals surface area contributed by atoms with Crippen molar-refractivity contribution in [2.24, 2.45) is 11.7 Å². The van der Waals surface area contributed by atoms with Gasteiger partial charge in [0.25, 0.3) is 0 Å². The van der Waals surface area contributed by atoms with E-state index in [1.807, 2.05) is 0 Å². The largest absolute Gasteiger partial charge is 1.00 e. The number of carbonyl (C=O) groups is 2. The number of Topliss-reactive ketones (excluding diaryl/α,β-unsaturated/α-hetero) is 2. The van der Waals surface area contributed by atoms with Crippen LogP contribution in [0, 0.1) is 0 Å². The van der Waals surface area contributed by atoms with Crippen molar-refractivity contribution >= 4 is 29.6 Å². The van der Waals surface area contributed by atoms with E-state index in [4.69, 9.17) is 10.2 Å². The summed E-state index contributed by atoms with van der Waals surface area (Å²) in [5, 5.41) is -0.341. The molecule has 1 saturated carbocycles. The standard InChI is InChI=1S/C10H14NO3S.FH2N.K/c1-10(2,9(11)5-12)15-8-4-6(13)3-7(8)14;1-2;/h8-9H,3-4,11H2,1-2H3;2H2;/q-1;;+1/t8?,9-;;/m1../s1. The van der Waals surface area contributed by atoms with Crippen LogP contribution in [-0.4, -0.2) is 33.9 Å². The SMILES string of the molecule is CC(C)(SC1CC(=O)CC1=O)[C@H](N)[C-]=O.NF.[K+]. The second kappa shape index (κ2) is 9.70. The molecule has 1 unspecified atom stereocenters. The van der Waals surface area contributed by atoms with E-state index in [0.717, 1.165) is 0 Å². The van der Waals surface area contributed by atoms with Crippen LogP contribution in [0.5, 0.6) is 0 Å². The van der Waals surface area contributed by atoms with Gasteiger partial charge in [0.2, 0.25) is 0 Å². The molecule has 0 aliphatic heterocycles. The molecule has 0 aromatic carbocycles. The first-order valence-electron chi connectivity index (χ1n) is 4.94. The van der Waals surface area contributed by atoms with E-state index in [2.05, 4.69) is 5.96 Å². The third kappa shape index (κ3) is 6.33. The van der Waals surface area contributed by atoms with E-state index in [9.17, 15) is 14.4 Å². The number of hydrogen-bond donors (Lipinski definition) is 2. The predicted molar refractivity (Wildman–Crippen MR) is 63.7 cm³/mol. The Morgan fingerprint density at radius 3 is 2.28 bits per heavy atom. The Balaban J connectivity index is 0. The number of halogens is 1. The van der Waals surface area contributed by atoms with Crippen molar-refractivity contribution in [1.82, 2.24) is 0 Å². The number of ketones is 2. The summed E-state index contributed by atoms with van der Waals surface area (Å²) in [6.07, 6.45) is 2.00. The molecule has 0 bridgehead atoms. The van der Waals surface area contributed by atoms with Crippen molar-refractivity contribution in [3.63, 3.8) is 0 Å². The molecule has 1 aliphatic rings. The van der Waals surface area contributed by atoms with Gasteiger partial charge < -0.3 is 10.5 Å². The van der Waals surface area contributed by atoms with Gasteiger partial charge in [-0.15, -0.1) is 16.2 Å². The van der Waals surface area contributed by atoms with Crippen molar-refractivity contribution in [2.45, 2.75) is 42.7 Å². The Labute approximate surface area is 152 Å². The van der Waals surface area contributed by atoms with E-state index in [1.165, 1.54) is 11.8 Å². The summed E-state index contributed by atoms with van der Waals surface area (Å²) >= 11 is 1.30. The van der Waals surface area contributed by atoms with E-state index >= 15 is 0 Å². The molecule has 2 atom stereocenters. The summed E-state index contributed by atoms with van der Waals surface area (Å²) in [7, 11) is 0. The molecule has 5 nitrogen and oxygen atoms in total. The second-order valence-corrected chi connectivity index (χ2v) is 6.05. The van der Waals surface area contributed by atoms with Gasteiger partial charge >= 0.3 is 51.4 Å². The summed E-state index contributed by atoms with van der Waals surface area (Å²) in [6, 6.07) is -0.744. The normalized spacial score (nSPS) is 20.6. The van der Waals surface area contributed by atoms with Crippen molar-refractivity contribution in [3.05, 3.63) is 0 Å². The van der Waals surface area contributed by atoms with Gasteiger partial charge in [0.1, 0.15) is 5.78 Å². The number of rotatable bonds is 4. The number of hydrogen-bond acceptors (Lipinski definition) is 6. The molecule has 1 aliphatic carbocycles. The smallest absolute Gasteiger partial charge is 0.540 e. The third-order valence-electron chi connectivity index (χ3n) is 2.47. The van der Waals surface area contributed by atoms with Crippen LogP contribution >= 0.6 is 11.8 Å². The predicted octanol–water partition coefficient (Wildman–Crippen LogP) is -2.93. The monoisotopic (exact) mass is 302 g/mol. The van der Waals surface area contributed by atoms with Crippen molar-refractivity contribution in [1.29, 1.82) is 0 Å². The minimum Gasteiger partial charge on any atom is -0.540 e. The van der Waals surface area contributed by atoms with Crippen LogP contribution in [-0.2, 0) is 14.4 Å². The molecule has 0 aromatic heterocycles. The minimum atomic E-state index is -0.744. The fourth-order valence-electron chi connectivity index (χ4n) is 1.39. The van der Waals surface area contributed by atoms with Gasteiger partial charge in [-0.25, -0.2) is 6.29 Å². The van der Waals surface area contributed by atoms with Crippen LogP contribution in [0.3, 0.4) is 0 Å². The number of nitrogens with two attached hydrogens (primary N) is 2. The van der Waals surface area contributed by atoms with Crippen molar-refractivity contribution in [3.8, 4) is 0 Å². The zero-order chi connectivity index (χ0) is 13.6. The van der Waals surface area contributed by atoms with Crippen molar-refractivity contribution in [2.75, 3.05) is 0 Å². The number of thioether (sulfide) groups is 1. The number of carbonyl (C=O) groups excluding carboxylic acids is 3. The quantitative estimate of drug-likeness (QED) is 0.249. The van der Waals surface area contributed by atoms with Crippen LogP contribution in [0.15, 0.2) is 0 Å². The van der Waals surface area contributed by atoms with E-state index in [-0.39, 0.29) is 81.0 Å². The van der Waals surface area contributed by atoms with E-state index in [1.54, 1.807) is 20.1 Å². The maximum Gasteiger partial charge on any atom is 1.00 e. The first-order valence-corrected chi connectivity index (χ1v) is 5.82. The summed E-state index contributed by atoms with van der Waals surface area (Å²) < 4.78 is 8.44. The fourth-order valence-corrected chi connectivity index (χ4v) is 2.80. The molecule has 0 saturated heterocycles. The first kappa shape index (κ1) is 21.2. The third-order valence-corrected chi connectivity index (χ3v) is 4.04. The van der Waals surface area contributed by atoms with E-state index in [0.29, 0.717) is 0 Å². The summed E-state index contributed by atoms with van der Waals surface area (Å²) in [5.41, 5.74) is 5.57. The maximum absolute atomic E-state index is 11.4. The molecular formula is C10H16FKN2O3S. The summed E-state index contributed by atoms with van der Waals surface area (Å²) in [4.78, 5) is 32.9. The van der Waals surface area contributed by atoms with Crippen LogP contribution in [0.2, 0.25) is 0 Å². The van der Waals surface area contributed by atoms with Gasteiger partial charge in [0.05, 0.1) is 11.7 Å². The molecular weight excluding hydrogens is 286 g/mol. The minimum absolute atomic E-state index is 0. The van der Waals surface area contributed by atoms with Gasteiger partial charge in [0.15, 0.2) is 5.78 Å². The van der Waals surface area contributed by atoms with Crippen LogP contribution in [0.4, 0.5) is 4.48 Å². The second-order valence-electron chi connectivity index (χ2n) is 4.19. The van der Waals surface area contributed by atoms with Crippen LogP contribution in [0.25, 0.3) is 0 Å². The molecule has 4 N–H and O–H groups in total. The first-order chi connectivity index (χ1) is 7.86. The van der Waals surface area contributed by atoms with Crippen LogP contribution < -0.4 is 63.1 Å². The zero-order valence-corrected chi connectivity index (χ0v) is 14.7. The molecule has 0 spiro atoms. The molecule has 18 heavy (non-hydrogen) atoms. The van der Waals surface area contributed by atoms with Gasteiger partial charge in [-0.2, -0.15) is 5.96 Å². The molecule has 0 amide bonds. The molecule has 1 fully saturated rings. The molecule has 8 heteroatoms. The fraction of sp³-hybridized carbons (Fsp3) is 0.700. The summed E-state index contributed by atoms with van der Waals surface area (Å²) in [5.74, 6) is 2.91. The average molecular weight is 302 g/mol. The Hall–Kier alpha value is 0.846. The molecule has 0 radical (unpaired) electrons. The van der Waals surface area contributed by atoms with Gasteiger partial charge in [-0.1, -0.05) is 19.9 Å². The van der Waals surface area contributed by atoms with Gasteiger partial charge in [0, 0.05) is 11.2 Å². The summed E-state index contributed by atoms with van der Waals surface area (Å²) in [6.45, 7) is 3.56. The van der Waals surface area contributed by atoms with E-state index < -0.39 is 10.8 Å². The zero-order valence-electron chi connectivity index (χ0n) is 10.7. The topological polar surface area (TPSA) is 103 Å². The Morgan fingerprint density at radius 1 is 1.44 bits per heavy atom. The van der Waals surface area contributed by atoms with Crippen molar-refractivity contribution < 1.29 is 70.2 Å². The van der Waals surface area contributed by atoms with Gasteiger partial charge in [-0.3, -0.25) is 9.59 Å². The Morgan fingerprint density at radius 2 is 1.94 bits per heavy atom.